The highest BCUT2D eigenvalue weighted by Crippen LogP contribution is 2.31. The summed E-state index contributed by atoms with van der Waals surface area (Å²) in [7, 11) is 0. The van der Waals surface area contributed by atoms with Gasteiger partial charge in [-0.2, -0.15) is 0 Å². The van der Waals surface area contributed by atoms with Crippen LogP contribution in [0.25, 0.3) is 10.1 Å². The van der Waals surface area contributed by atoms with Crippen LogP contribution in [0.5, 0.6) is 0 Å². The molecule has 0 radical (unpaired) electrons. The molecule has 0 unspecified atom stereocenters. The molecule has 0 saturated carbocycles. The van der Waals surface area contributed by atoms with Gasteiger partial charge in [-0.15, -0.1) is 11.3 Å². The maximum absolute atomic E-state index is 5.83. The highest BCUT2D eigenvalue weighted by atomic mass is 32.1. The largest absolute Gasteiger partial charge is 0.379 e. The number of fused-ring (bicyclic) bond motifs is 1. The highest BCUT2D eigenvalue weighted by Gasteiger charge is 2.10. The first kappa shape index (κ1) is 15.4. The number of thiophene rings is 1. The number of hydrogen-bond acceptors (Lipinski definition) is 4. The van der Waals surface area contributed by atoms with Crippen molar-refractivity contribution in [2.24, 2.45) is 11.7 Å². The summed E-state index contributed by atoms with van der Waals surface area (Å²) >= 11 is 1.76. The molecule has 20 heavy (non-hydrogen) atoms. The first-order valence-electron chi connectivity index (χ1n) is 7.07. The Kier molecular flexibility index (Phi) is 5.98. The standard InChI is InChI=1S/C16H23NO2S/c1-12(2)10-18-7-8-19-11-14-13-5-3-4-6-15(13)20-16(14)9-17/h3-6,12H,7-11,17H2,1-2H3. The molecule has 2 N–H and O–H groups in total. The van der Waals surface area contributed by atoms with Crippen LogP contribution in [-0.4, -0.2) is 19.8 Å². The molecule has 0 fully saturated rings. The fraction of sp³-hybridized carbons (Fsp3) is 0.500. The van der Waals surface area contributed by atoms with Crippen LogP contribution in [0.1, 0.15) is 24.3 Å². The van der Waals surface area contributed by atoms with Crippen molar-refractivity contribution in [3.05, 3.63) is 34.7 Å². The number of benzene rings is 1. The molecule has 0 aliphatic rings. The number of rotatable bonds is 8. The van der Waals surface area contributed by atoms with Gasteiger partial charge in [-0.05, 0) is 17.4 Å². The minimum atomic E-state index is 0.569. The number of nitrogens with two attached hydrogens (primary N) is 1. The summed E-state index contributed by atoms with van der Waals surface area (Å²) in [4.78, 5) is 1.22. The Morgan fingerprint density at radius 2 is 1.90 bits per heavy atom. The topological polar surface area (TPSA) is 44.5 Å². The lowest BCUT2D eigenvalue weighted by Gasteiger charge is -2.08. The van der Waals surface area contributed by atoms with E-state index in [1.807, 2.05) is 0 Å². The van der Waals surface area contributed by atoms with Crippen molar-refractivity contribution in [1.29, 1.82) is 0 Å². The Morgan fingerprint density at radius 1 is 1.15 bits per heavy atom. The molecule has 1 aromatic heterocycles. The maximum atomic E-state index is 5.83. The van der Waals surface area contributed by atoms with Crippen LogP contribution in [0.15, 0.2) is 24.3 Å². The zero-order chi connectivity index (χ0) is 14.4. The Labute approximate surface area is 124 Å². The predicted molar refractivity (Wildman–Crippen MR) is 85.0 cm³/mol. The second-order valence-corrected chi connectivity index (χ2v) is 6.36. The Hall–Kier alpha value is -0.940. The second kappa shape index (κ2) is 7.74. The highest BCUT2D eigenvalue weighted by molar-refractivity contribution is 7.19. The summed E-state index contributed by atoms with van der Waals surface area (Å²) < 4.78 is 12.5. The molecule has 2 aromatic rings. The van der Waals surface area contributed by atoms with Crippen molar-refractivity contribution in [2.75, 3.05) is 19.8 Å². The molecular weight excluding hydrogens is 270 g/mol. The summed E-state index contributed by atoms with van der Waals surface area (Å²) in [6.45, 7) is 7.54. The van der Waals surface area contributed by atoms with Crippen LogP contribution in [0.3, 0.4) is 0 Å². The molecular formula is C16H23NO2S. The van der Waals surface area contributed by atoms with Crippen LogP contribution in [-0.2, 0) is 22.6 Å². The molecule has 0 aliphatic carbocycles. The van der Waals surface area contributed by atoms with Gasteiger partial charge in [0.25, 0.3) is 0 Å². The van der Waals surface area contributed by atoms with E-state index in [0.29, 0.717) is 32.3 Å². The number of ether oxygens (including phenoxy) is 2. The molecule has 110 valence electrons. The van der Waals surface area contributed by atoms with Crippen molar-refractivity contribution in [3.63, 3.8) is 0 Å². The van der Waals surface area contributed by atoms with Crippen LogP contribution in [0.2, 0.25) is 0 Å². The molecule has 0 spiro atoms. The van der Waals surface area contributed by atoms with Crippen molar-refractivity contribution < 1.29 is 9.47 Å². The first-order valence-corrected chi connectivity index (χ1v) is 7.89. The van der Waals surface area contributed by atoms with Crippen LogP contribution in [0, 0.1) is 5.92 Å². The van der Waals surface area contributed by atoms with Gasteiger partial charge in [0.1, 0.15) is 0 Å². The minimum absolute atomic E-state index is 0.569. The van der Waals surface area contributed by atoms with Gasteiger partial charge in [-0.3, -0.25) is 0 Å². The maximum Gasteiger partial charge on any atom is 0.0735 e. The van der Waals surface area contributed by atoms with Crippen LogP contribution < -0.4 is 5.73 Å². The zero-order valence-electron chi connectivity index (χ0n) is 12.2. The third-order valence-electron chi connectivity index (χ3n) is 3.04. The average Bonchev–Trinajstić information content (AvgIpc) is 2.80. The van der Waals surface area contributed by atoms with Gasteiger partial charge in [0.2, 0.25) is 0 Å². The summed E-state index contributed by atoms with van der Waals surface area (Å²) in [5.41, 5.74) is 7.06. The summed E-state index contributed by atoms with van der Waals surface area (Å²) in [6, 6.07) is 8.39. The van der Waals surface area contributed by atoms with Gasteiger partial charge in [-0.1, -0.05) is 32.0 Å². The number of hydrogen-bond donors (Lipinski definition) is 1. The van der Waals surface area contributed by atoms with Gasteiger partial charge in [0.15, 0.2) is 0 Å². The molecule has 3 nitrogen and oxygen atoms in total. The normalized spacial score (nSPS) is 11.6. The van der Waals surface area contributed by atoms with Crippen molar-refractivity contribution in [2.45, 2.75) is 27.0 Å². The lowest BCUT2D eigenvalue weighted by atomic mass is 10.1. The van der Waals surface area contributed by atoms with E-state index < -0.39 is 0 Å². The molecule has 0 amide bonds. The smallest absolute Gasteiger partial charge is 0.0735 e. The summed E-state index contributed by atoms with van der Waals surface area (Å²) in [5.74, 6) is 0.569. The summed E-state index contributed by atoms with van der Waals surface area (Å²) in [5, 5.41) is 1.26. The van der Waals surface area contributed by atoms with E-state index in [1.165, 1.54) is 20.5 Å². The monoisotopic (exact) mass is 293 g/mol. The van der Waals surface area contributed by atoms with Gasteiger partial charge >= 0.3 is 0 Å². The molecule has 1 heterocycles. The Balaban J connectivity index is 1.89. The second-order valence-electron chi connectivity index (χ2n) is 5.23. The van der Waals surface area contributed by atoms with Crippen LogP contribution >= 0.6 is 11.3 Å². The molecule has 0 saturated heterocycles. The molecule has 0 bridgehead atoms. The lowest BCUT2D eigenvalue weighted by Crippen LogP contribution is -2.09. The predicted octanol–water partition coefficient (Wildman–Crippen LogP) is 3.55. The summed E-state index contributed by atoms with van der Waals surface area (Å²) in [6.07, 6.45) is 0. The van der Waals surface area contributed by atoms with Gasteiger partial charge < -0.3 is 15.2 Å². The zero-order valence-corrected chi connectivity index (χ0v) is 13.0. The van der Waals surface area contributed by atoms with E-state index >= 15 is 0 Å². The minimum Gasteiger partial charge on any atom is -0.379 e. The SMILES string of the molecule is CC(C)COCCOCc1c(CN)sc2ccccc12. The van der Waals surface area contributed by atoms with Gasteiger partial charge in [0.05, 0.1) is 19.8 Å². The van der Waals surface area contributed by atoms with Crippen molar-refractivity contribution >= 4 is 21.4 Å². The molecule has 2 rings (SSSR count). The fourth-order valence-electron chi connectivity index (χ4n) is 2.08. The van der Waals surface area contributed by atoms with Crippen molar-refractivity contribution in [3.8, 4) is 0 Å². The molecule has 0 atom stereocenters. The van der Waals surface area contributed by atoms with Gasteiger partial charge in [-0.25, -0.2) is 0 Å². The van der Waals surface area contributed by atoms with Crippen molar-refractivity contribution in [1.82, 2.24) is 0 Å². The molecule has 4 heteroatoms. The third kappa shape index (κ3) is 4.03. The molecule has 1 aromatic carbocycles. The van der Waals surface area contributed by atoms with E-state index in [2.05, 4.69) is 38.1 Å². The average molecular weight is 293 g/mol. The quantitative estimate of drug-likeness (QED) is 0.757. The van der Waals surface area contributed by atoms with E-state index in [1.54, 1.807) is 11.3 Å². The lowest BCUT2D eigenvalue weighted by molar-refractivity contribution is 0.0317. The van der Waals surface area contributed by atoms with Crippen LogP contribution in [0.4, 0.5) is 0 Å². The van der Waals surface area contributed by atoms with E-state index in [-0.39, 0.29) is 0 Å². The Bertz CT molecular complexity index is 536. The Morgan fingerprint density at radius 3 is 2.65 bits per heavy atom. The van der Waals surface area contributed by atoms with E-state index in [0.717, 1.165) is 6.61 Å². The van der Waals surface area contributed by atoms with E-state index in [4.69, 9.17) is 15.2 Å². The van der Waals surface area contributed by atoms with E-state index in [9.17, 15) is 0 Å². The van der Waals surface area contributed by atoms with Gasteiger partial charge in [0, 0.05) is 28.3 Å². The molecule has 0 aliphatic heterocycles. The third-order valence-corrected chi connectivity index (χ3v) is 4.27. The first-order chi connectivity index (χ1) is 9.72. The fourth-order valence-corrected chi connectivity index (χ4v) is 3.17.